The van der Waals surface area contributed by atoms with Gasteiger partial charge >= 0.3 is 0 Å². The number of imidazole rings is 1. The van der Waals surface area contributed by atoms with Gasteiger partial charge in [-0.2, -0.15) is 0 Å². The minimum Gasteiger partial charge on any atom is -0.508 e. The third-order valence-electron chi connectivity index (χ3n) is 3.80. The van der Waals surface area contributed by atoms with Crippen LogP contribution < -0.4 is 10.1 Å². The number of aromatic hydroxyl groups is 1. The highest BCUT2D eigenvalue weighted by atomic mass is 16.5. The Hall–Kier alpha value is -3.15. The number of benzene rings is 1. The fraction of sp³-hybridized carbons (Fsp3) is 0.118. The first kappa shape index (κ1) is 13.5. The first-order chi connectivity index (χ1) is 11.2. The Morgan fingerprint density at radius 2 is 2.09 bits per heavy atom. The van der Waals surface area contributed by atoms with Gasteiger partial charge in [0.2, 0.25) is 0 Å². The molecule has 6 nitrogen and oxygen atoms in total. The van der Waals surface area contributed by atoms with E-state index in [-0.39, 0.29) is 5.75 Å². The molecule has 0 amide bonds. The third-order valence-corrected chi connectivity index (χ3v) is 3.80. The second-order valence-corrected chi connectivity index (χ2v) is 5.19. The average Bonchev–Trinajstić information content (AvgIpc) is 3.13. The minimum absolute atomic E-state index is 0.172. The molecule has 0 aliphatic rings. The van der Waals surface area contributed by atoms with Gasteiger partial charge < -0.3 is 19.6 Å². The van der Waals surface area contributed by atoms with Gasteiger partial charge in [0.1, 0.15) is 34.2 Å². The zero-order valence-electron chi connectivity index (χ0n) is 12.7. The lowest BCUT2D eigenvalue weighted by Gasteiger charge is -2.01. The summed E-state index contributed by atoms with van der Waals surface area (Å²) in [5, 5.41) is 13.7. The number of hydrogen-bond donors (Lipinski definition) is 2. The summed E-state index contributed by atoms with van der Waals surface area (Å²) in [6, 6.07) is 10.8. The van der Waals surface area contributed by atoms with E-state index in [1.54, 1.807) is 25.4 Å². The monoisotopic (exact) mass is 309 g/mol. The van der Waals surface area contributed by atoms with Gasteiger partial charge in [0.15, 0.2) is 5.76 Å². The lowest BCUT2D eigenvalue weighted by atomic mass is 10.2. The van der Waals surface area contributed by atoms with Gasteiger partial charge in [-0.15, -0.1) is 0 Å². The van der Waals surface area contributed by atoms with E-state index in [2.05, 4.69) is 10.3 Å². The zero-order chi connectivity index (χ0) is 16.0. The normalized spacial score (nSPS) is 11.2. The molecule has 0 unspecified atom stereocenters. The molecule has 23 heavy (non-hydrogen) atoms. The Morgan fingerprint density at radius 1 is 1.22 bits per heavy atom. The van der Waals surface area contributed by atoms with Crippen molar-refractivity contribution in [3.05, 3.63) is 42.6 Å². The van der Waals surface area contributed by atoms with Crippen molar-refractivity contribution >= 4 is 22.4 Å². The fourth-order valence-corrected chi connectivity index (χ4v) is 2.71. The Bertz CT molecular complexity index is 1020. The number of nitrogens with one attached hydrogen (secondary N) is 1. The summed E-state index contributed by atoms with van der Waals surface area (Å²) in [5.74, 6) is 2.40. The molecule has 2 N–H and O–H groups in total. The summed E-state index contributed by atoms with van der Waals surface area (Å²) in [5.41, 5.74) is 2.10. The van der Waals surface area contributed by atoms with Gasteiger partial charge in [0.25, 0.3) is 0 Å². The van der Waals surface area contributed by atoms with Crippen LogP contribution >= 0.6 is 0 Å². The lowest BCUT2D eigenvalue weighted by Crippen LogP contribution is -1.94. The number of methoxy groups -OCH3 is 1. The average molecular weight is 309 g/mol. The highest BCUT2D eigenvalue weighted by molar-refractivity contribution is 5.86. The summed E-state index contributed by atoms with van der Waals surface area (Å²) in [4.78, 5) is 4.57. The second-order valence-electron chi connectivity index (χ2n) is 5.19. The number of ether oxygens (including phenoxy) is 1. The topological polar surface area (TPSA) is 71.9 Å². The molecule has 0 aliphatic heterocycles. The highest BCUT2D eigenvalue weighted by Gasteiger charge is 2.17. The molecule has 0 aliphatic carbocycles. The van der Waals surface area contributed by atoms with Crippen LogP contribution in [0.4, 0.5) is 5.82 Å². The first-order valence-corrected chi connectivity index (χ1v) is 7.16. The molecule has 0 radical (unpaired) electrons. The summed E-state index contributed by atoms with van der Waals surface area (Å²) < 4.78 is 13.0. The van der Waals surface area contributed by atoms with Crippen molar-refractivity contribution in [3.63, 3.8) is 0 Å². The molecule has 0 saturated heterocycles. The van der Waals surface area contributed by atoms with Crippen LogP contribution in [0.1, 0.15) is 0 Å². The number of hydrogen-bond acceptors (Lipinski definition) is 5. The Balaban J connectivity index is 1.94. The SMILES string of the molecule is CNc1c(-c2cc3cc(OC)ccc3o2)nc2cc(O)ccn12. The van der Waals surface area contributed by atoms with Gasteiger partial charge in [-0.05, 0) is 30.3 Å². The molecule has 6 heteroatoms. The van der Waals surface area contributed by atoms with Crippen LogP contribution in [0.15, 0.2) is 47.0 Å². The van der Waals surface area contributed by atoms with E-state index in [1.165, 1.54) is 0 Å². The molecule has 0 fully saturated rings. The van der Waals surface area contributed by atoms with Gasteiger partial charge in [-0.3, -0.25) is 4.40 Å². The fourth-order valence-electron chi connectivity index (χ4n) is 2.71. The van der Waals surface area contributed by atoms with Gasteiger partial charge in [0.05, 0.1) is 7.11 Å². The van der Waals surface area contributed by atoms with E-state index in [9.17, 15) is 5.11 Å². The minimum atomic E-state index is 0.172. The van der Waals surface area contributed by atoms with Crippen LogP contribution in [0.5, 0.6) is 11.5 Å². The van der Waals surface area contributed by atoms with E-state index < -0.39 is 0 Å². The maximum Gasteiger partial charge on any atom is 0.157 e. The van der Waals surface area contributed by atoms with E-state index in [1.807, 2.05) is 35.7 Å². The van der Waals surface area contributed by atoms with Crippen LogP contribution in [0, 0.1) is 0 Å². The number of anilines is 1. The molecular weight excluding hydrogens is 294 g/mol. The smallest absolute Gasteiger partial charge is 0.157 e. The van der Waals surface area contributed by atoms with Crippen molar-refractivity contribution in [1.29, 1.82) is 0 Å². The van der Waals surface area contributed by atoms with E-state index >= 15 is 0 Å². The Kier molecular flexibility index (Phi) is 2.90. The van der Waals surface area contributed by atoms with Crippen LogP contribution in [0.3, 0.4) is 0 Å². The summed E-state index contributed by atoms with van der Waals surface area (Å²) in [7, 11) is 3.46. The van der Waals surface area contributed by atoms with Crippen molar-refractivity contribution in [3.8, 4) is 23.0 Å². The van der Waals surface area contributed by atoms with Crippen LogP contribution in [0.2, 0.25) is 0 Å². The van der Waals surface area contributed by atoms with Crippen molar-refractivity contribution in [2.24, 2.45) is 0 Å². The van der Waals surface area contributed by atoms with Crippen LogP contribution in [0.25, 0.3) is 28.1 Å². The zero-order valence-corrected chi connectivity index (χ0v) is 12.7. The van der Waals surface area contributed by atoms with Crippen molar-refractivity contribution in [2.45, 2.75) is 0 Å². The molecule has 0 spiro atoms. The van der Waals surface area contributed by atoms with Crippen molar-refractivity contribution in [1.82, 2.24) is 9.38 Å². The highest BCUT2D eigenvalue weighted by Crippen LogP contribution is 2.34. The molecule has 4 aromatic rings. The van der Waals surface area contributed by atoms with E-state index in [4.69, 9.17) is 9.15 Å². The van der Waals surface area contributed by atoms with Gasteiger partial charge in [-0.25, -0.2) is 4.98 Å². The molecule has 0 bridgehead atoms. The predicted octanol–water partition coefficient (Wildman–Crippen LogP) is 3.50. The molecule has 0 saturated carbocycles. The largest absolute Gasteiger partial charge is 0.508 e. The first-order valence-electron chi connectivity index (χ1n) is 7.16. The van der Waals surface area contributed by atoms with Crippen molar-refractivity contribution < 1.29 is 14.3 Å². The molecule has 4 rings (SSSR count). The number of fused-ring (bicyclic) bond motifs is 2. The quantitative estimate of drug-likeness (QED) is 0.606. The number of furan rings is 1. The van der Waals surface area contributed by atoms with Crippen LogP contribution in [-0.2, 0) is 0 Å². The summed E-state index contributed by atoms with van der Waals surface area (Å²) >= 11 is 0. The van der Waals surface area contributed by atoms with Crippen molar-refractivity contribution in [2.75, 3.05) is 19.5 Å². The summed E-state index contributed by atoms with van der Waals surface area (Å²) in [6.07, 6.45) is 1.76. The maximum atomic E-state index is 9.63. The van der Waals surface area contributed by atoms with Gasteiger partial charge in [0, 0.05) is 24.7 Å². The number of pyridine rings is 1. The number of nitrogens with zero attached hydrogens (tertiary/aromatic N) is 2. The molecule has 116 valence electrons. The maximum absolute atomic E-state index is 9.63. The lowest BCUT2D eigenvalue weighted by molar-refractivity contribution is 0.415. The predicted molar refractivity (Wildman–Crippen MR) is 88.2 cm³/mol. The van der Waals surface area contributed by atoms with Crippen LogP contribution in [-0.4, -0.2) is 28.6 Å². The molecule has 0 atom stereocenters. The number of aromatic nitrogens is 2. The Morgan fingerprint density at radius 3 is 2.87 bits per heavy atom. The standard InChI is InChI=1S/C17H15N3O3/c1-18-17-16(19-15-9-11(21)5-6-20(15)17)14-8-10-7-12(22-2)3-4-13(10)23-14/h3-9,18,21H,1-2H3. The number of rotatable bonds is 3. The van der Waals surface area contributed by atoms with Gasteiger partial charge in [-0.1, -0.05) is 0 Å². The Labute approximate surface area is 131 Å². The molecule has 1 aromatic carbocycles. The van der Waals surface area contributed by atoms with E-state index in [0.29, 0.717) is 17.1 Å². The second kappa shape index (κ2) is 4.95. The molecular formula is C17H15N3O3. The van der Waals surface area contributed by atoms with E-state index in [0.717, 1.165) is 22.5 Å². The molecule has 3 aromatic heterocycles. The third kappa shape index (κ3) is 2.07. The molecule has 3 heterocycles. The summed E-state index contributed by atoms with van der Waals surface area (Å²) in [6.45, 7) is 0.